The smallest absolute Gasteiger partial charge is 0.178 e. The van der Waals surface area contributed by atoms with E-state index in [2.05, 4.69) is 4.98 Å². The minimum atomic E-state index is -0.254. The second kappa shape index (κ2) is 4.85. The van der Waals surface area contributed by atoms with E-state index in [1.165, 1.54) is 12.1 Å². The van der Waals surface area contributed by atoms with Gasteiger partial charge in [-0.25, -0.2) is 4.39 Å². The highest BCUT2D eigenvalue weighted by Crippen LogP contribution is 2.21. The van der Waals surface area contributed by atoms with Gasteiger partial charge in [-0.05, 0) is 54.2 Å². The van der Waals surface area contributed by atoms with Crippen molar-refractivity contribution in [1.29, 1.82) is 0 Å². The molecule has 0 unspecified atom stereocenters. The van der Waals surface area contributed by atoms with Crippen LogP contribution in [0.3, 0.4) is 0 Å². The van der Waals surface area contributed by atoms with Gasteiger partial charge in [0.05, 0.1) is 18.5 Å². The first-order valence-electron chi connectivity index (χ1n) is 5.80. The lowest BCUT2D eigenvalue weighted by Gasteiger charge is -2.06. The lowest BCUT2D eigenvalue weighted by Crippen LogP contribution is -2.00. The van der Waals surface area contributed by atoms with Gasteiger partial charge in [-0.15, -0.1) is 0 Å². The highest BCUT2D eigenvalue weighted by Gasteiger charge is 2.08. The zero-order chi connectivity index (χ0) is 13.2. The van der Waals surface area contributed by atoms with Crippen molar-refractivity contribution in [1.82, 2.24) is 9.55 Å². The summed E-state index contributed by atoms with van der Waals surface area (Å²) in [5, 5.41) is 0. The van der Waals surface area contributed by atoms with Crippen LogP contribution in [0.25, 0.3) is 11.3 Å². The number of rotatable bonds is 3. The van der Waals surface area contributed by atoms with Gasteiger partial charge in [0.2, 0.25) is 0 Å². The summed E-state index contributed by atoms with van der Waals surface area (Å²) in [6.07, 6.45) is 3.45. The third kappa shape index (κ3) is 2.37. The van der Waals surface area contributed by atoms with Crippen molar-refractivity contribution in [2.75, 3.05) is 0 Å². The second-order valence-corrected chi connectivity index (χ2v) is 4.54. The second-order valence-electron chi connectivity index (χ2n) is 4.15. The highest BCUT2D eigenvalue weighted by atomic mass is 32.1. The minimum Gasteiger partial charge on any atom is -0.467 e. The first-order chi connectivity index (χ1) is 9.24. The number of benzene rings is 1. The first-order valence-corrected chi connectivity index (χ1v) is 6.21. The molecule has 3 rings (SSSR count). The molecule has 0 aliphatic heterocycles. The maximum absolute atomic E-state index is 13.0. The van der Waals surface area contributed by atoms with Crippen LogP contribution in [0.5, 0.6) is 0 Å². The molecule has 0 saturated heterocycles. The van der Waals surface area contributed by atoms with Crippen molar-refractivity contribution in [2.45, 2.75) is 6.54 Å². The van der Waals surface area contributed by atoms with Crippen molar-refractivity contribution in [2.24, 2.45) is 0 Å². The van der Waals surface area contributed by atoms with Crippen LogP contribution >= 0.6 is 12.2 Å². The van der Waals surface area contributed by atoms with Crippen LogP contribution in [-0.4, -0.2) is 9.55 Å². The Balaban J connectivity index is 2.03. The predicted octanol–water partition coefficient (Wildman–Crippen LogP) is 3.99. The fourth-order valence-electron chi connectivity index (χ4n) is 1.97. The van der Waals surface area contributed by atoms with E-state index in [0.717, 1.165) is 17.0 Å². The van der Waals surface area contributed by atoms with E-state index in [9.17, 15) is 4.39 Å². The van der Waals surface area contributed by atoms with Crippen LogP contribution in [0, 0.1) is 10.6 Å². The van der Waals surface area contributed by atoms with Gasteiger partial charge >= 0.3 is 0 Å². The van der Waals surface area contributed by atoms with Crippen molar-refractivity contribution >= 4 is 12.2 Å². The van der Waals surface area contributed by atoms with Gasteiger partial charge in [-0.3, -0.25) is 0 Å². The van der Waals surface area contributed by atoms with Gasteiger partial charge in [-0.2, -0.15) is 0 Å². The Hall–Kier alpha value is -2.14. The topological polar surface area (TPSA) is 33.9 Å². The number of hydrogen-bond donors (Lipinski definition) is 1. The molecule has 0 radical (unpaired) electrons. The molecule has 0 bridgehead atoms. The SMILES string of the molecule is Fc1ccc(-c2c[nH]c(=S)n2Cc2ccco2)cc1. The van der Waals surface area contributed by atoms with Gasteiger partial charge in [0.15, 0.2) is 4.77 Å². The molecule has 19 heavy (non-hydrogen) atoms. The third-order valence-electron chi connectivity index (χ3n) is 2.90. The summed E-state index contributed by atoms with van der Waals surface area (Å²) in [4.78, 5) is 3.01. The van der Waals surface area contributed by atoms with Crippen LogP contribution in [0.2, 0.25) is 0 Å². The lowest BCUT2D eigenvalue weighted by molar-refractivity contribution is 0.493. The monoisotopic (exact) mass is 274 g/mol. The molecule has 5 heteroatoms. The summed E-state index contributed by atoms with van der Waals surface area (Å²) in [6, 6.07) is 10.1. The average Bonchev–Trinajstić information content (AvgIpc) is 3.03. The molecule has 0 amide bonds. The van der Waals surface area contributed by atoms with Crippen LogP contribution in [0.4, 0.5) is 4.39 Å². The van der Waals surface area contributed by atoms with Crippen LogP contribution < -0.4 is 0 Å². The number of furan rings is 1. The average molecular weight is 274 g/mol. The predicted molar refractivity (Wildman–Crippen MR) is 72.8 cm³/mol. The van der Waals surface area contributed by atoms with Crippen LogP contribution in [0.1, 0.15) is 5.76 Å². The zero-order valence-electron chi connectivity index (χ0n) is 9.97. The summed E-state index contributed by atoms with van der Waals surface area (Å²) >= 11 is 5.26. The number of nitrogens with zero attached hydrogens (tertiary/aromatic N) is 1. The summed E-state index contributed by atoms with van der Waals surface area (Å²) in [5.41, 5.74) is 1.81. The van der Waals surface area contributed by atoms with E-state index in [4.69, 9.17) is 16.6 Å². The molecular formula is C14H11FN2OS. The summed E-state index contributed by atoms with van der Waals surface area (Å²) < 4.78 is 20.8. The largest absolute Gasteiger partial charge is 0.467 e. The Kier molecular flexibility index (Phi) is 3.05. The molecule has 3 aromatic rings. The molecule has 1 aromatic carbocycles. The van der Waals surface area contributed by atoms with Crippen molar-refractivity contribution in [3.05, 3.63) is 65.2 Å². The lowest BCUT2D eigenvalue weighted by atomic mass is 10.1. The molecule has 0 atom stereocenters. The van der Waals surface area contributed by atoms with E-state index in [-0.39, 0.29) is 5.82 Å². The molecule has 2 aromatic heterocycles. The number of aromatic nitrogens is 2. The summed E-state index contributed by atoms with van der Waals surface area (Å²) in [5.74, 6) is 0.564. The fourth-order valence-corrected chi connectivity index (χ4v) is 2.19. The minimum absolute atomic E-state index is 0.254. The van der Waals surface area contributed by atoms with Gasteiger partial charge in [0, 0.05) is 6.20 Å². The van der Waals surface area contributed by atoms with E-state index in [1.54, 1.807) is 18.4 Å². The van der Waals surface area contributed by atoms with Crippen molar-refractivity contribution in [3.63, 3.8) is 0 Å². The zero-order valence-corrected chi connectivity index (χ0v) is 10.8. The van der Waals surface area contributed by atoms with Gasteiger partial charge in [0.1, 0.15) is 11.6 Å². The summed E-state index contributed by atoms with van der Waals surface area (Å²) in [6.45, 7) is 0.544. The highest BCUT2D eigenvalue weighted by molar-refractivity contribution is 7.71. The maximum Gasteiger partial charge on any atom is 0.178 e. The molecule has 3 nitrogen and oxygen atoms in total. The number of aromatic amines is 1. The number of nitrogens with one attached hydrogen (secondary N) is 1. The molecule has 2 heterocycles. The Morgan fingerprint density at radius 3 is 2.68 bits per heavy atom. The molecule has 0 saturated carbocycles. The Bertz CT molecular complexity index is 726. The number of halogens is 1. The third-order valence-corrected chi connectivity index (χ3v) is 3.24. The molecule has 0 spiro atoms. The van der Waals surface area contributed by atoms with Gasteiger partial charge < -0.3 is 14.0 Å². The quantitative estimate of drug-likeness (QED) is 0.733. The van der Waals surface area contributed by atoms with E-state index < -0.39 is 0 Å². The van der Waals surface area contributed by atoms with Crippen molar-refractivity contribution < 1.29 is 8.81 Å². The number of H-pyrrole nitrogens is 1. The molecular weight excluding hydrogens is 263 g/mol. The molecule has 0 fully saturated rings. The molecule has 0 aliphatic rings. The van der Waals surface area contributed by atoms with Gasteiger partial charge in [-0.1, -0.05) is 0 Å². The van der Waals surface area contributed by atoms with E-state index in [1.807, 2.05) is 22.9 Å². The van der Waals surface area contributed by atoms with E-state index >= 15 is 0 Å². The molecule has 1 N–H and O–H groups in total. The normalized spacial score (nSPS) is 10.8. The Labute approximate surface area is 114 Å². The Morgan fingerprint density at radius 2 is 2.00 bits per heavy atom. The van der Waals surface area contributed by atoms with Crippen LogP contribution in [-0.2, 0) is 6.54 Å². The maximum atomic E-state index is 13.0. The molecule has 0 aliphatic carbocycles. The number of imidazole rings is 1. The van der Waals surface area contributed by atoms with Crippen molar-refractivity contribution in [3.8, 4) is 11.3 Å². The summed E-state index contributed by atoms with van der Waals surface area (Å²) in [7, 11) is 0. The Morgan fingerprint density at radius 1 is 1.21 bits per heavy atom. The number of hydrogen-bond acceptors (Lipinski definition) is 2. The van der Waals surface area contributed by atoms with Crippen LogP contribution in [0.15, 0.2) is 53.3 Å². The van der Waals surface area contributed by atoms with E-state index in [0.29, 0.717) is 11.3 Å². The van der Waals surface area contributed by atoms with Gasteiger partial charge in [0.25, 0.3) is 0 Å². The molecule has 96 valence electrons. The fraction of sp³-hybridized carbons (Fsp3) is 0.0714. The first kappa shape index (κ1) is 11.9. The standard InChI is InChI=1S/C14H11FN2OS/c15-11-5-3-10(4-6-11)13-8-16-14(19)17(13)9-12-2-1-7-18-12/h1-8H,9H2,(H,16,19).